The second-order valence-corrected chi connectivity index (χ2v) is 5.01. The van der Waals surface area contributed by atoms with Crippen LogP contribution in [0.15, 0.2) is 23.5 Å². The molecule has 1 aliphatic heterocycles. The third-order valence-corrected chi connectivity index (χ3v) is 3.22. The van der Waals surface area contributed by atoms with Gasteiger partial charge < -0.3 is 20.5 Å². The van der Waals surface area contributed by atoms with E-state index in [4.69, 9.17) is 0 Å². The Hall–Kier alpha value is -2.51. The molecule has 0 bridgehead atoms. The number of hydrogen-bond donors (Lipinski definition) is 3. The number of aryl methyl sites for hydroxylation is 1. The number of nitrogens with one attached hydrogen (secondary N) is 3. The van der Waals surface area contributed by atoms with E-state index in [9.17, 15) is 9.59 Å². The molecule has 3 amide bonds. The van der Waals surface area contributed by atoms with Gasteiger partial charge in [0, 0.05) is 39.1 Å². The Kier molecular flexibility index (Phi) is 5.40. The third-order valence-electron chi connectivity index (χ3n) is 3.22. The van der Waals surface area contributed by atoms with E-state index < -0.39 is 0 Å². The first-order valence-electron chi connectivity index (χ1n) is 7.31. The van der Waals surface area contributed by atoms with Gasteiger partial charge in [0.15, 0.2) is 5.96 Å². The minimum atomic E-state index is -0.335. The fourth-order valence-corrected chi connectivity index (χ4v) is 2.13. The number of amides is 3. The number of rotatable bonds is 6. The van der Waals surface area contributed by atoms with E-state index in [0.29, 0.717) is 25.6 Å². The fraction of sp³-hybridized carbons (Fsp3) is 0.500. The summed E-state index contributed by atoms with van der Waals surface area (Å²) in [6.45, 7) is 4.15. The lowest BCUT2D eigenvalue weighted by Crippen LogP contribution is -2.43. The zero-order valence-corrected chi connectivity index (χ0v) is 12.9. The molecule has 1 saturated heterocycles. The van der Waals surface area contributed by atoms with E-state index in [0.717, 1.165) is 12.1 Å². The lowest BCUT2D eigenvalue weighted by atomic mass is 10.3. The van der Waals surface area contributed by atoms with Gasteiger partial charge in [-0.3, -0.25) is 9.69 Å². The second kappa shape index (κ2) is 7.48. The van der Waals surface area contributed by atoms with Crippen molar-refractivity contribution in [3.05, 3.63) is 24.0 Å². The van der Waals surface area contributed by atoms with Gasteiger partial charge in [0.1, 0.15) is 0 Å². The van der Waals surface area contributed by atoms with Crippen LogP contribution in [0.25, 0.3) is 0 Å². The molecule has 0 spiro atoms. The zero-order valence-electron chi connectivity index (χ0n) is 12.9. The van der Waals surface area contributed by atoms with Crippen molar-refractivity contribution in [2.24, 2.45) is 12.0 Å². The topological polar surface area (TPSA) is 90.8 Å². The Morgan fingerprint density at radius 1 is 1.41 bits per heavy atom. The smallest absolute Gasteiger partial charge is 0.324 e. The first-order valence-corrected chi connectivity index (χ1v) is 7.31. The van der Waals surface area contributed by atoms with Crippen LogP contribution in [0.2, 0.25) is 0 Å². The van der Waals surface area contributed by atoms with Crippen LogP contribution in [0, 0.1) is 0 Å². The molecule has 0 unspecified atom stereocenters. The second-order valence-electron chi connectivity index (χ2n) is 5.01. The summed E-state index contributed by atoms with van der Waals surface area (Å²) < 4.78 is 1.98. The summed E-state index contributed by atoms with van der Waals surface area (Å²) in [6, 6.07) is 1.68. The Morgan fingerprint density at radius 3 is 2.82 bits per heavy atom. The molecule has 1 aromatic rings. The summed E-state index contributed by atoms with van der Waals surface area (Å²) in [5, 5.41) is 8.75. The number of aliphatic imine (C=N–C) groups is 1. The molecule has 0 saturated carbocycles. The van der Waals surface area contributed by atoms with Crippen molar-refractivity contribution in [3.8, 4) is 0 Å². The van der Waals surface area contributed by atoms with Gasteiger partial charge in [0.2, 0.25) is 5.91 Å². The highest BCUT2D eigenvalue weighted by Crippen LogP contribution is 2.01. The first-order chi connectivity index (χ1) is 10.6. The van der Waals surface area contributed by atoms with Crippen molar-refractivity contribution in [2.45, 2.75) is 13.5 Å². The maximum Gasteiger partial charge on any atom is 0.324 e. The van der Waals surface area contributed by atoms with Crippen LogP contribution in [0.3, 0.4) is 0 Å². The van der Waals surface area contributed by atoms with Crippen LogP contribution in [0.5, 0.6) is 0 Å². The fourth-order valence-electron chi connectivity index (χ4n) is 2.13. The SMILES string of the molecule is CCNC(=NCc1ccn(C)c1)NCCN1C(=O)CNC1=O. The predicted molar refractivity (Wildman–Crippen MR) is 83.3 cm³/mol. The standard InChI is InChI=1S/C14H22N6O2/c1-3-15-13(17-8-11-4-6-19(2)10-11)16-5-7-20-12(21)9-18-14(20)22/h4,6,10H,3,5,7-9H2,1-2H3,(H,18,22)(H2,15,16,17). The molecule has 1 aliphatic rings. The Balaban J connectivity index is 1.83. The lowest BCUT2D eigenvalue weighted by molar-refractivity contribution is -0.124. The van der Waals surface area contributed by atoms with Crippen LogP contribution < -0.4 is 16.0 Å². The average Bonchev–Trinajstić information content (AvgIpc) is 3.04. The van der Waals surface area contributed by atoms with Gasteiger partial charge in [-0.15, -0.1) is 0 Å². The minimum Gasteiger partial charge on any atom is -0.357 e. The van der Waals surface area contributed by atoms with Crippen LogP contribution in [-0.4, -0.2) is 53.5 Å². The normalized spacial score (nSPS) is 15.2. The van der Waals surface area contributed by atoms with Crippen molar-refractivity contribution in [3.63, 3.8) is 0 Å². The van der Waals surface area contributed by atoms with Crippen molar-refractivity contribution in [1.29, 1.82) is 0 Å². The average molecular weight is 306 g/mol. The Bertz CT molecular complexity index is 549. The minimum absolute atomic E-state index is 0.0843. The van der Waals surface area contributed by atoms with E-state index in [1.165, 1.54) is 4.90 Å². The highest BCUT2D eigenvalue weighted by molar-refractivity contribution is 6.01. The van der Waals surface area contributed by atoms with Gasteiger partial charge in [-0.05, 0) is 18.6 Å². The molecule has 2 rings (SSSR count). The van der Waals surface area contributed by atoms with Gasteiger partial charge in [-0.25, -0.2) is 9.79 Å². The van der Waals surface area contributed by atoms with Gasteiger partial charge in [-0.2, -0.15) is 0 Å². The van der Waals surface area contributed by atoms with Gasteiger partial charge >= 0.3 is 6.03 Å². The third kappa shape index (κ3) is 4.24. The van der Waals surface area contributed by atoms with Crippen LogP contribution in [-0.2, 0) is 18.4 Å². The summed E-state index contributed by atoms with van der Waals surface area (Å²) in [7, 11) is 1.97. The number of carbonyl (C=O) groups excluding carboxylic acids is 2. The number of nitrogens with zero attached hydrogens (tertiary/aromatic N) is 3. The molecule has 120 valence electrons. The highest BCUT2D eigenvalue weighted by Gasteiger charge is 2.27. The summed E-state index contributed by atoms with van der Waals surface area (Å²) in [5.41, 5.74) is 1.12. The number of carbonyl (C=O) groups is 2. The summed E-state index contributed by atoms with van der Waals surface area (Å²) in [4.78, 5) is 28.6. The maximum atomic E-state index is 11.5. The number of hydrogen-bond acceptors (Lipinski definition) is 3. The largest absolute Gasteiger partial charge is 0.357 e. The number of guanidine groups is 1. The molecule has 8 heteroatoms. The molecule has 0 aliphatic carbocycles. The van der Waals surface area contributed by atoms with E-state index in [1.807, 2.05) is 37.0 Å². The molecule has 8 nitrogen and oxygen atoms in total. The zero-order chi connectivity index (χ0) is 15.9. The highest BCUT2D eigenvalue weighted by atomic mass is 16.2. The van der Waals surface area contributed by atoms with Crippen molar-refractivity contribution in [2.75, 3.05) is 26.2 Å². The van der Waals surface area contributed by atoms with E-state index in [2.05, 4.69) is 20.9 Å². The predicted octanol–water partition coefficient (Wildman–Crippen LogP) is -0.368. The van der Waals surface area contributed by atoms with Crippen LogP contribution >= 0.6 is 0 Å². The molecule has 1 aromatic heterocycles. The number of urea groups is 1. The van der Waals surface area contributed by atoms with E-state index >= 15 is 0 Å². The molecular weight excluding hydrogens is 284 g/mol. The lowest BCUT2D eigenvalue weighted by Gasteiger charge is -2.15. The molecule has 22 heavy (non-hydrogen) atoms. The van der Waals surface area contributed by atoms with Gasteiger partial charge in [0.05, 0.1) is 13.1 Å². The van der Waals surface area contributed by atoms with Crippen LogP contribution in [0.4, 0.5) is 4.79 Å². The summed E-state index contributed by atoms with van der Waals surface area (Å²) in [6.07, 6.45) is 3.99. The summed E-state index contributed by atoms with van der Waals surface area (Å²) >= 11 is 0. The van der Waals surface area contributed by atoms with Crippen molar-refractivity contribution < 1.29 is 9.59 Å². The Morgan fingerprint density at radius 2 is 2.23 bits per heavy atom. The molecule has 0 atom stereocenters. The summed E-state index contributed by atoms with van der Waals surface area (Å²) in [5.74, 6) is 0.469. The monoisotopic (exact) mass is 306 g/mol. The van der Waals surface area contributed by atoms with Crippen LogP contribution in [0.1, 0.15) is 12.5 Å². The molecule has 3 N–H and O–H groups in total. The van der Waals surface area contributed by atoms with Crippen molar-refractivity contribution in [1.82, 2.24) is 25.4 Å². The first kappa shape index (κ1) is 15.9. The Labute approximate surface area is 129 Å². The number of aromatic nitrogens is 1. The van der Waals surface area contributed by atoms with Gasteiger partial charge in [-0.1, -0.05) is 0 Å². The van der Waals surface area contributed by atoms with Gasteiger partial charge in [0.25, 0.3) is 0 Å². The molecule has 2 heterocycles. The molecular formula is C14H22N6O2. The number of imide groups is 1. The van der Waals surface area contributed by atoms with E-state index in [1.54, 1.807) is 0 Å². The molecule has 0 aromatic carbocycles. The quantitative estimate of drug-likeness (QED) is 0.380. The van der Waals surface area contributed by atoms with Crippen molar-refractivity contribution >= 4 is 17.9 Å². The maximum absolute atomic E-state index is 11.5. The van der Waals surface area contributed by atoms with E-state index in [-0.39, 0.29) is 18.5 Å². The molecule has 0 radical (unpaired) electrons. The molecule has 1 fully saturated rings.